The summed E-state index contributed by atoms with van der Waals surface area (Å²) in [5.41, 5.74) is -0.986. The summed E-state index contributed by atoms with van der Waals surface area (Å²) in [7, 11) is 0. The zero-order chi connectivity index (χ0) is 22.4. The normalized spacial score (nSPS) is 16.5. The average molecular weight is 459 g/mol. The van der Waals surface area contributed by atoms with Crippen molar-refractivity contribution in [3.05, 3.63) is 35.4 Å². The Morgan fingerprint density at radius 1 is 1.29 bits per heavy atom. The van der Waals surface area contributed by atoms with Crippen LogP contribution in [0.15, 0.2) is 27.8 Å². The van der Waals surface area contributed by atoms with Gasteiger partial charge in [-0.2, -0.15) is 13.2 Å². The highest BCUT2D eigenvalue weighted by molar-refractivity contribution is 7.98. The molecule has 0 saturated carbocycles. The molecule has 1 fully saturated rings. The van der Waals surface area contributed by atoms with Gasteiger partial charge in [0.05, 0.1) is 11.9 Å². The highest BCUT2D eigenvalue weighted by Gasteiger charge is 2.34. The third-order valence-electron chi connectivity index (χ3n) is 4.81. The zero-order valence-electron chi connectivity index (χ0n) is 17.4. The zero-order valence-corrected chi connectivity index (χ0v) is 18.2. The Labute approximate surface area is 182 Å². The molecular formula is C20H25F3N4O3S. The summed E-state index contributed by atoms with van der Waals surface area (Å²) in [6.45, 7) is 5.86. The molecule has 1 saturated heterocycles. The van der Waals surface area contributed by atoms with Crippen molar-refractivity contribution < 1.29 is 27.1 Å². The van der Waals surface area contributed by atoms with Gasteiger partial charge < -0.3 is 19.4 Å². The van der Waals surface area contributed by atoms with Crippen molar-refractivity contribution >= 4 is 23.5 Å². The maximum atomic E-state index is 13.3. The van der Waals surface area contributed by atoms with Crippen LogP contribution in [0.3, 0.4) is 0 Å². The van der Waals surface area contributed by atoms with Gasteiger partial charge in [-0.3, -0.25) is 4.79 Å². The predicted molar refractivity (Wildman–Crippen MR) is 110 cm³/mol. The summed E-state index contributed by atoms with van der Waals surface area (Å²) in [5, 5.41) is 2.76. The summed E-state index contributed by atoms with van der Waals surface area (Å²) in [5.74, 6) is 0.646. The lowest BCUT2D eigenvalue weighted by Gasteiger charge is -2.21. The molecule has 0 bridgehead atoms. The molecule has 3 rings (SSSR count). The molecule has 11 heteroatoms. The van der Waals surface area contributed by atoms with Crippen molar-refractivity contribution in [3.63, 3.8) is 0 Å². The number of rotatable bonds is 9. The minimum atomic E-state index is -4.57. The fourth-order valence-corrected chi connectivity index (χ4v) is 3.89. The van der Waals surface area contributed by atoms with Crippen LogP contribution in [0.2, 0.25) is 0 Å². The lowest BCUT2D eigenvalue weighted by atomic mass is 10.2. The predicted octanol–water partition coefficient (Wildman–Crippen LogP) is 4.14. The number of hydrogen-bond acceptors (Lipinski definition) is 7. The standard InChI is InChI=1S/C20H25F3N4O3S/c1-3-27(4-2)17-10-16(20(21,22)23)25-19(26-17)31-12-14-7-8-15(30-14)18(28)24-11-13-6-5-9-29-13/h7-8,10,13H,3-6,9,11-12H2,1-2H3,(H,24,28)/t13-/m0/s1. The van der Waals surface area contributed by atoms with Gasteiger partial charge in [-0.15, -0.1) is 0 Å². The number of ether oxygens (including phenoxy) is 1. The largest absolute Gasteiger partial charge is 0.455 e. The van der Waals surface area contributed by atoms with E-state index in [-0.39, 0.29) is 34.5 Å². The van der Waals surface area contributed by atoms with Gasteiger partial charge in [0.1, 0.15) is 11.6 Å². The van der Waals surface area contributed by atoms with Crippen molar-refractivity contribution in [1.29, 1.82) is 0 Å². The molecule has 0 spiro atoms. The lowest BCUT2D eigenvalue weighted by Crippen LogP contribution is -2.31. The van der Waals surface area contributed by atoms with Crippen LogP contribution in [-0.4, -0.2) is 48.2 Å². The fraction of sp³-hybridized carbons (Fsp3) is 0.550. The Morgan fingerprint density at radius 2 is 2.06 bits per heavy atom. The highest BCUT2D eigenvalue weighted by Crippen LogP contribution is 2.32. The molecule has 31 heavy (non-hydrogen) atoms. The lowest BCUT2D eigenvalue weighted by molar-refractivity contribution is -0.141. The number of carbonyl (C=O) groups is 1. The molecule has 2 aromatic heterocycles. The first-order chi connectivity index (χ1) is 14.8. The molecule has 0 aliphatic carbocycles. The quantitative estimate of drug-likeness (QED) is 0.447. The van der Waals surface area contributed by atoms with Crippen LogP contribution in [0.4, 0.5) is 19.0 Å². The Balaban J connectivity index is 1.65. The minimum absolute atomic E-state index is 0.00231. The first-order valence-corrected chi connectivity index (χ1v) is 11.1. The van der Waals surface area contributed by atoms with Gasteiger partial charge >= 0.3 is 6.18 Å². The van der Waals surface area contributed by atoms with E-state index in [9.17, 15) is 18.0 Å². The number of nitrogens with one attached hydrogen (secondary N) is 1. The van der Waals surface area contributed by atoms with Crippen LogP contribution in [0.1, 0.15) is 48.7 Å². The van der Waals surface area contributed by atoms with Crippen molar-refractivity contribution in [2.24, 2.45) is 0 Å². The third kappa shape index (κ3) is 6.36. The molecule has 2 aromatic rings. The van der Waals surface area contributed by atoms with E-state index < -0.39 is 11.9 Å². The maximum absolute atomic E-state index is 13.3. The monoisotopic (exact) mass is 458 g/mol. The van der Waals surface area contributed by atoms with E-state index in [4.69, 9.17) is 9.15 Å². The van der Waals surface area contributed by atoms with E-state index in [1.165, 1.54) is 6.07 Å². The Kier molecular flexibility index (Phi) is 7.82. The summed E-state index contributed by atoms with van der Waals surface area (Å²) in [6.07, 6.45) is -2.66. The van der Waals surface area contributed by atoms with Gasteiger partial charge in [0, 0.05) is 32.3 Å². The van der Waals surface area contributed by atoms with Gasteiger partial charge in [0.15, 0.2) is 16.6 Å². The van der Waals surface area contributed by atoms with Crippen LogP contribution < -0.4 is 10.2 Å². The summed E-state index contributed by atoms with van der Waals surface area (Å²) in [6, 6.07) is 4.11. The van der Waals surface area contributed by atoms with Crippen LogP contribution >= 0.6 is 11.8 Å². The van der Waals surface area contributed by atoms with E-state index in [1.807, 2.05) is 13.8 Å². The molecule has 1 aliphatic heterocycles. The number of halogens is 3. The summed E-state index contributed by atoms with van der Waals surface area (Å²) < 4.78 is 50.8. The molecule has 1 amide bonds. The smallest absolute Gasteiger partial charge is 0.433 e. The van der Waals surface area contributed by atoms with Crippen molar-refractivity contribution in [1.82, 2.24) is 15.3 Å². The van der Waals surface area contributed by atoms with Crippen molar-refractivity contribution in [2.45, 2.75) is 49.9 Å². The second-order valence-corrected chi connectivity index (χ2v) is 7.91. The van der Waals surface area contributed by atoms with E-state index >= 15 is 0 Å². The number of furan rings is 1. The van der Waals surface area contributed by atoms with Crippen LogP contribution in [0.25, 0.3) is 0 Å². The SMILES string of the molecule is CCN(CC)c1cc(C(F)(F)F)nc(SCc2ccc(C(=O)NC[C@@H]3CCCO3)o2)n1. The number of anilines is 1. The average Bonchev–Trinajstić information content (AvgIpc) is 3.43. The van der Waals surface area contributed by atoms with Crippen LogP contribution in [-0.2, 0) is 16.7 Å². The molecule has 1 aliphatic rings. The second-order valence-electron chi connectivity index (χ2n) is 6.96. The maximum Gasteiger partial charge on any atom is 0.433 e. The highest BCUT2D eigenvalue weighted by atomic mass is 32.2. The van der Waals surface area contributed by atoms with Gasteiger partial charge in [-0.1, -0.05) is 11.8 Å². The second kappa shape index (κ2) is 10.4. The van der Waals surface area contributed by atoms with Crippen molar-refractivity contribution in [2.75, 3.05) is 31.1 Å². The number of nitrogens with zero attached hydrogens (tertiary/aromatic N) is 3. The molecule has 0 unspecified atom stereocenters. The first kappa shape index (κ1) is 23.4. The molecule has 7 nitrogen and oxygen atoms in total. The van der Waals surface area contributed by atoms with Gasteiger partial charge in [0.2, 0.25) is 0 Å². The third-order valence-corrected chi connectivity index (χ3v) is 5.68. The van der Waals surface area contributed by atoms with Crippen LogP contribution in [0.5, 0.6) is 0 Å². The molecule has 1 atom stereocenters. The summed E-state index contributed by atoms with van der Waals surface area (Å²) >= 11 is 1.02. The number of amides is 1. The topological polar surface area (TPSA) is 80.5 Å². The molecular weight excluding hydrogens is 433 g/mol. The molecule has 0 radical (unpaired) electrons. The molecule has 1 N–H and O–H groups in total. The number of thioether (sulfide) groups is 1. The van der Waals surface area contributed by atoms with Gasteiger partial charge in [0.25, 0.3) is 5.91 Å². The van der Waals surface area contributed by atoms with Gasteiger partial charge in [-0.05, 0) is 38.8 Å². The first-order valence-electron chi connectivity index (χ1n) is 10.1. The summed E-state index contributed by atoms with van der Waals surface area (Å²) in [4.78, 5) is 21.8. The Bertz CT molecular complexity index is 881. The van der Waals surface area contributed by atoms with Crippen molar-refractivity contribution in [3.8, 4) is 0 Å². The minimum Gasteiger partial charge on any atom is -0.455 e. The fourth-order valence-electron chi connectivity index (χ4n) is 3.14. The van der Waals surface area contributed by atoms with E-state index in [1.54, 1.807) is 11.0 Å². The number of alkyl halides is 3. The number of hydrogen-bond donors (Lipinski definition) is 1. The van der Waals surface area contributed by atoms with E-state index in [2.05, 4.69) is 15.3 Å². The Hall–Kier alpha value is -2.27. The number of carbonyl (C=O) groups excluding carboxylic acids is 1. The number of aromatic nitrogens is 2. The Morgan fingerprint density at radius 3 is 2.71 bits per heavy atom. The van der Waals surface area contributed by atoms with Crippen LogP contribution in [0, 0.1) is 0 Å². The van der Waals surface area contributed by atoms with Gasteiger partial charge in [-0.25, -0.2) is 9.97 Å². The molecule has 170 valence electrons. The molecule has 0 aromatic carbocycles. The van der Waals surface area contributed by atoms with E-state index in [0.29, 0.717) is 32.0 Å². The van der Waals surface area contributed by atoms with E-state index in [0.717, 1.165) is 30.7 Å². The molecule has 3 heterocycles.